The molecular formula is C30H34ClF2N3O5S. The van der Waals surface area contributed by atoms with Crippen molar-refractivity contribution in [3.8, 4) is 11.5 Å². The first kappa shape index (κ1) is 30.5. The van der Waals surface area contributed by atoms with E-state index >= 15 is 8.78 Å². The number of nitrogens with zero attached hydrogens (tertiary/aromatic N) is 1. The van der Waals surface area contributed by atoms with E-state index < -0.39 is 33.5 Å². The summed E-state index contributed by atoms with van der Waals surface area (Å²) in [6.07, 6.45) is 5.26. The highest BCUT2D eigenvalue weighted by Gasteiger charge is 2.50. The molecule has 226 valence electrons. The van der Waals surface area contributed by atoms with Crippen molar-refractivity contribution in [1.29, 1.82) is 0 Å². The van der Waals surface area contributed by atoms with Gasteiger partial charge >= 0.3 is 0 Å². The van der Waals surface area contributed by atoms with Gasteiger partial charge in [0.1, 0.15) is 11.5 Å². The average Bonchev–Trinajstić information content (AvgIpc) is 3.49. The van der Waals surface area contributed by atoms with E-state index in [9.17, 15) is 13.2 Å². The van der Waals surface area contributed by atoms with Gasteiger partial charge in [0, 0.05) is 24.7 Å². The predicted octanol–water partition coefficient (Wildman–Crippen LogP) is 5.21. The number of fused-ring (bicyclic) bond motifs is 1. The zero-order valence-electron chi connectivity index (χ0n) is 23.2. The standard InChI is InChI=1S/C30H34ClF2N3O5S/c1-40-27-18-21(8-11-26(27)31)30(32,33)28(29(37)36-14-12-22(34)13-15-36)35-42(38,39)25-10-7-19-16-24(9-6-20(19)17-25)41-23-4-2-3-5-23/h6-11,16-18,22-23,28,35H,2-5,12-15,34H2,1H3. The molecule has 3 aromatic rings. The second kappa shape index (κ2) is 12.3. The van der Waals surface area contributed by atoms with Crippen LogP contribution in [-0.4, -0.2) is 57.6 Å². The number of benzene rings is 3. The van der Waals surface area contributed by atoms with Crippen LogP contribution in [0.5, 0.6) is 11.5 Å². The highest BCUT2D eigenvalue weighted by Crippen LogP contribution is 2.38. The summed E-state index contributed by atoms with van der Waals surface area (Å²) in [7, 11) is -3.31. The van der Waals surface area contributed by atoms with E-state index in [-0.39, 0.29) is 40.9 Å². The zero-order chi connectivity index (χ0) is 30.1. The molecule has 1 aliphatic heterocycles. The third-order valence-corrected chi connectivity index (χ3v) is 9.70. The Morgan fingerprint density at radius 1 is 1.02 bits per heavy atom. The van der Waals surface area contributed by atoms with E-state index in [1.165, 1.54) is 30.2 Å². The molecule has 0 spiro atoms. The molecule has 1 heterocycles. The minimum Gasteiger partial charge on any atom is -0.495 e. The van der Waals surface area contributed by atoms with Crippen LogP contribution in [0, 0.1) is 0 Å². The minimum absolute atomic E-state index is 0.0300. The number of hydrogen-bond donors (Lipinski definition) is 2. The number of piperidine rings is 1. The summed E-state index contributed by atoms with van der Waals surface area (Å²) < 4.78 is 72.6. The third kappa shape index (κ3) is 6.49. The van der Waals surface area contributed by atoms with E-state index in [4.69, 9.17) is 26.8 Å². The molecule has 1 saturated carbocycles. The van der Waals surface area contributed by atoms with Crippen LogP contribution in [0.25, 0.3) is 10.8 Å². The lowest BCUT2D eigenvalue weighted by Crippen LogP contribution is -2.58. The fraction of sp³-hybridized carbons (Fsp3) is 0.433. The van der Waals surface area contributed by atoms with Gasteiger partial charge in [-0.2, -0.15) is 13.5 Å². The van der Waals surface area contributed by atoms with Crippen LogP contribution < -0.4 is 19.9 Å². The van der Waals surface area contributed by atoms with Gasteiger partial charge in [0.2, 0.25) is 15.9 Å². The van der Waals surface area contributed by atoms with Gasteiger partial charge in [0.05, 0.1) is 23.1 Å². The number of amides is 1. The van der Waals surface area contributed by atoms with Gasteiger partial charge in [-0.25, -0.2) is 8.42 Å². The highest BCUT2D eigenvalue weighted by molar-refractivity contribution is 7.89. The number of carbonyl (C=O) groups excluding carboxylic acids is 1. The lowest BCUT2D eigenvalue weighted by molar-refractivity contribution is -0.145. The Morgan fingerprint density at radius 2 is 1.69 bits per heavy atom. The second-order valence-electron chi connectivity index (χ2n) is 10.9. The molecule has 0 radical (unpaired) electrons. The third-order valence-electron chi connectivity index (χ3n) is 7.97. The first-order chi connectivity index (χ1) is 20.0. The monoisotopic (exact) mass is 621 g/mol. The summed E-state index contributed by atoms with van der Waals surface area (Å²) in [5.41, 5.74) is 5.32. The van der Waals surface area contributed by atoms with Crippen molar-refractivity contribution < 1.29 is 31.5 Å². The number of nitrogens with one attached hydrogen (secondary N) is 1. The summed E-state index contributed by atoms with van der Waals surface area (Å²) in [6.45, 7) is 0.277. The van der Waals surface area contributed by atoms with Crippen molar-refractivity contribution in [2.75, 3.05) is 20.2 Å². The molecule has 12 heteroatoms. The van der Waals surface area contributed by atoms with E-state index in [0.29, 0.717) is 24.0 Å². The average molecular weight is 622 g/mol. The normalized spacial score (nSPS) is 17.9. The number of sulfonamides is 1. The molecule has 1 saturated heterocycles. The summed E-state index contributed by atoms with van der Waals surface area (Å²) in [5.74, 6) is -4.34. The van der Waals surface area contributed by atoms with Gasteiger partial charge in [-0.1, -0.05) is 29.8 Å². The second-order valence-corrected chi connectivity index (χ2v) is 13.0. The number of methoxy groups -OCH3 is 1. The molecule has 3 aromatic carbocycles. The predicted molar refractivity (Wildman–Crippen MR) is 157 cm³/mol. The number of ether oxygens (including phenoxy) is 2. The van der Waals surface area contributed by atoms with E-state index in [0.717, 1.165) is 43.2 Å². The van der Waals surface area contributed by atoms with Gasteiger partial charge in [-0.15, -0.1) is 0 Å². The SMILES string of the molecule is COc1cc(C(F)(F)C(NS(=O)(=O)c2ccc3cc(OC4CCCC4)ccc3c2)C(=O)N2CCC(N)CC2)ccc1Cl. The van der Waals surface area contributed by atoms with Crippen LogP contribution in [0.3, 0.4) is 0 Å². The molecule has 0 bridgehead atoms. The van der Waals surface area contributed by atoms with E-state index in [1.807, 2.05) is 10.8 Å². The molecule has 2 fully saturated rings. The summed E-state index contributed by atoms with van der Waals surface area (Å²) in [6, 6.07) is 10.3. The Balaban J connectivity index is 1.46. The molecular weight excluding hydrogens is 588 g/mol. The van der Waals surface area contributed by atoms with Crippen molar-refractivity contribution in [3.63, 3.8) is 0 Å². The highest BCUT2D eigenvalue weighted by atomic mass is 35.5. The molecule has 1 amide bonds. The summed E-state index contributed by atoms with van der Waals surface area (Å²) in [4.78, 5) is 14.5. The van der Waals surface area contributed by atoms with Crippen LogP contribution in [0.2, 0.25) is 5.02 Å². The number of rotatable bonds is 9. The largest absolute Gasteiger partial charge is 0.495 e. The van der Waals surface area contributed by atoms with Crippen LogP contribution >= 0.6 is 11.6 Å². The fourth-order valence-corrected chi connectivity index (χ4v) is 6.90. The van der Waals surface area contributed by atoms with Crippen molar-refractivity contribution in [1.82, 2.24) is 9.62 Å². The Hall–Kier alpha value is -2.99. The first-order valence-electron chi connectivity index (χ1n) is 14.0. The quantitative estimate of drug-likeness (QED) is 0.339. The maximum absolute atomic E-state index is 16.1. The number of carbonyl (C=O) groups is 1. The van der Waals surface area contributed by atoms with Gasteiger partial charge < -0.3 is 20.1 Å². The first-order valence-corrected chi connectivity index (χ1v) is 15.8. The van der Waals surface area contributed by atoms with Crippen LogP contribution in [0.15, 0.2) is 59.5 Å². The molecule has 8 nitrogen and oxygen atoms in total. The smallest absolute Gasteiger partial charge is 0.298 e. The topological polar surface area (TPSA) is 111 Å². The Labute approximate surface area is 249 Å². The number of nitrogens with two attached hydrogens (primary N) is 1. The zero-order valence-corrected chi connectivity index (χ0v) is 24.8. The molecule has 2 aliphatic rings. The van der Waals surface area contributed by atoms with Crippen LogP contribution in [0.1, 0.15) is 44.1 Å². The maximum Gasteiger partial charge on any atom is 0.298 e. The van der Waals surface area contributed by atoms with Crippen LogP contribution in [-0.2, 0) is 20.7 Å². The number of halogens is 3. The molecule has 1 aliphatic carbocycles. The Morgan fingerprint density at radius 3 is 2.38 bits per heavy atom. The molecule has 1 unspecified atom stereocenters. The molecule has 42 heavy (non-hydrogen) atoms. The number of hydrogen-bond acceptors (Lipinski definition) is 6. The Bertz CT molecular complexity index is 1560. The summed E-state index contributed by atoms with van der Waals surface area (Å²) in [5, 5.41) is 1.41. The van der Waals surface area contributed by atoms with Crippen molar-refractivity contribution >= 4 is 38.3 Å². The van der Waals surface area contributed by atoms with E-state index in [2.05, 4.69) is 0 Å². The molecule has 0 aromatic heterocycles. The summed E-state index contributed by atoms with van der Waals surface area (Å²) >= 11 is 6.03. The Kier molecular flexibility index (Phi) is 8.94. The molecule has 1 atom stereocenters. The minimum atomic E-state index is -4.58. The van der Waals surface area contributed by atoms with Gasteiger partial charge in [0.15, 0.2) is 6.04 Å². The van der Waals surface area contributed by atoms with Gasteiger partial charge in [0.25, 0.3) is 5.92 Å². The van der Waals surface area contributed by atoms with Gasteiger partial charge in [-0.05, 0) is 85.7 Å². The van der Waals surface area contributed by atoms with Crippen molar-refractivity contribution in [2.24, 2.45) is 5.73 Å². The number of likely N-dealkylation sites (tertiary alicyclic amines) is 1. The van der Waals surface area contributed by atoms with Crippen LogP contribution in [0.4, 0.5) is 8.78 Å². The van der Waals surface area contributed by atoms with Gasteiger partial charge in [-0.3, -0.25) is 4.79 Å². The fourth-order valence-electron chi connectivity index (χ4n) is 5.48. The molecule has 5 rings (SSSR count). The number of alkyl halides is 2. The van der Waals surface area contributed by atoms with Crippen molar-refractivity contribution in [3.05, 3.63) is 65.2 Å². The van der Waals surface area contributed by atoms with E-state index in [1.54, 1.807) is 18.2 Å². The lowest BCUT2D eigenvalue weighted by Gasteiger charge is -2.35. The molecule has 3 N–H and O–H groups in total. The van der Waals surface area contributed by atoms with Crippen molar-refractivity contribution in [2.45, 2.75) is 67.5 Å². The lowest BCUT2D eigenvalue weighted by atomic mass is 9.98. The maximum atomic E-state index is 16.1.